The summed E-state index contributed by atoms with van der Waals surface area (Å²) in [5.41, 5.74) is 0. The first-order valence-corrected chi connectivity index (χ1v) is 3.74. The predicted molar refractivity (Wildman–Crippen MR) is 45.5 cm³/mol. The fraction of sp³-hybridized carbons (Fsp3) is 0.200. The van der Waals surface area contributed by atoms with Gasteiger partial charge >= 0.3 is 0 Å². The minimum Gasteiger partial charge on any atom is -0.489 e. The Kier molecular flexibility index (Phi) is 3.33. The summed E-state index contributed by atoms with van der Waals surface area (Å²) in [4.78, 5) is 0. The summed E-state index contributed by atoms with van der Waals surface area (Å²) in [5.74, 6) is 0.136. The largest absolute Gasteiger partial charge is 0.489 e. The van der Waals surface area contributed by atoms with Gasteiger partial charge in [-0.25, -0.2) is 4.39 Å². The molecule has 0 unspecified atom stereocenters. The van der Waals surface area contributed by atoms with Crippen molar-refractivity contribution in [2.24, 2.45) is 0 Å². The summed E-state index contributed by atoms with van der Waals surface area (Å²) < 4.78 is 17.7. The van der Waals surface area contributed by atoms with Crippen LogP contribution in [0.4, 0.5) is 4.39 Å². The molecule has 2 heteroatoms. The first-order valence-electron chi connectivity index (χ1n) is 3.74. The van der Waals surface area contributed by atoms with Crippen LogP contribution in [0.2, 0.25) is 0 Å². The van der Waals surface area contributed by atoms with Gasteiger partial charge in [-0.15, -0.1) is 0 Å². The molecule has 0 aliphatic rings. The number of rotatable bonds is 3. The second-order valence-electron chi connectivity index (χ2n) is 2.25. The van der Waals surface area contributed by atoms with Crippen LogP contribution in [0, 0.1) is 11.9 Å². The third kappa shape index (κ3) is 2.74. The van der Waals surface area contributed by atoms with Gasteiger partial charge in [-0.1, -0.05) is 12.2 Å². The highest BCUT2D eigenvalue weighted by atomic mass is 19.1. The predicted octanol–water partition coefficient (Wildman–Crippen LogP) is 2.58. The zero-order valence-corrected chi connectivity index (χ0v) is 6.88. The Morgan fingerprint density at radius 2 is 2.50 bits per heavy atom. The van der Waals surface area contributed by atoms with E-state index in [4.69, 9.17) is 4.74 Å². The van der Waals surface area contributed by atoms with Crippen LogP contribution >= 0.6 is 0 Å². The summed E-state index contributed by atoms with van der Waals surface area (Å²) in [6.07, 6.45) is 3.74. The van der Waals surface area contributed by atoms with Gasteiger partial charge in [-0.2, -0.15) is 0 Å². The summed E-state index contributed by atoms with van der Waals surface area (Å²) in [6.45, 7) is 2.38. The summed E-state index contributed by atoms with van der Waals surface area (Å²) >= 11 is 0. The highest BCUT2D eigenvalue weighted by Gasteiger charge is 1.93. The fourth-order valence-corrected chi connectivity index (χ4v) is 0.748. The Balaban J connectivity index is 2.52. The van der Waals surface area contributed by atoms with Crippen LogP contribution in [0.1, 0.15) is 6.92 Å². The molecule has 0 spiro atoms. The molecule has 1 aromatic rings. The summed E-state index contributed by atoms with van der Waals surface area (Å²) in [7, 11) is 0. The molecular weight excluding hydrogens is 155 g/mol. The van der Waals surface area contributed by atoms with Gasteiger partial charge in [0.2, 0.25) is 0 Å². The highest BCUT2D eigenvalue weighted by Crippen LogP contribution is 2.10. The van der Waals surface area contributed by atoms with E-state index < -0.39 is 5.82 Å². The molecule has 0 aromatic heterocycles. The van der Waals surface area contributed by atoms with E-state index in [0.717, 1.165) is 0 Å². The zero-order valence-electron chi connectivity index (χ0n) is 6.88. The van der Waals surface area contributed by atoms with Gasteiger partial charge in [-0.05, 0) is 19.1 Å². The molecule has 1 rings (SSSR count). The molecule has 0 aliphatic carbocycles. The normalized spacial score (nSPS) is 10.5. The van der Waals surface area contributed by atoms with Crippen molar-refractivity contribution in [2.75, 3.05) is 6.61 Å². The lowest BCUT2D eigenvalue weighted by Crippen LogP contribution is -1.93. The van der Waals surface area contributed by atoms with Gasteiger partial charge in [0.25, 0.3) is 0 Å². The van der Waals surface area contributed by atoms with Gasteiger partial charge < -0.3 is 4.74 Å². The molecule has 0 fully saturated rings. The van der Waals surface area contributed by atoms with E-state index in [2.05, 4.69) is 6.07 Å². The molecule has 1 nitrogen and oxygen atoms in total. The lowest BCUT2D eigenvalue weighted by Gasteiger charge is -2.01. The van der Waals surface area contributed by atoms with Crippen LogP contribution in [0.3, 0.4) is 0 Å². The second kappa shape index (κ2) is 4.54. The topological polar surface area (TPSA) is 9.23 Å². The summed E-state index contributed by atoms with van der Waals surface area (Å²) in [6, 6.07) is 6.88. The van der Waals surface area contributed by atoms with Crippen molar-refractivity contribution >= 4 is 0 Å². The Morgan fingerprint density at radius 1 is 1.67 bits per heavy atom. The maximum Gasteiger partial charge on any atom is 0.134 e. The van der Waals surface area contributed by atoms with Crippen LogP contribution in [0.15, 0.2) is 30.4 Å². The van der Waals surface area contributed by atoms with Crippen LogP contribution in [-0.4, -0.2) is 6.61 Å². The molecule has 0 saturated heterocycles. The standard InChI is InChI=1S/C10H10FO/c1-2-3-7-12-10-6-4-5-9(11)8-10/h2-4,6,8H,7H2,1H3/b3-2+. The van der Waals surface area contributed by atoms with Crippen molar-refractivity contribution in [3.8, 4) is 5.75 Å². The molecule has 63 valence electrons. The lowest BCUT2D eigenvalue weighted by molar-refractivity contribution is 0.360. The quantitative estimate of drug-likeness (QED) is 0.625. The number of hydrogen-bond acceptors (Lipinski definition) is 1. The van der Waals surface area contributed by atoms with E-state index in [0.29, 0.717) is 12.4 Å². The molecule has 0 heterocycles. The van der Waals surface area contributed by atoms with E-state index in [1.54, 1.807) is 6.07 Å². The third-order valence-electron chi connectivity index (χ3n) is 1.32. The smallest absolute Gasteiger partial charge is 0.134 e. The molecule has 12 heavy (non-hydrogen) atoms. The van der Waals surface area contributed by atoms with Gasteiger partial charge in [-0.3, -0.25) is 0 Å². The number of ether oxygens (including phenoxy) is 1. The number of hydrogen-bond donors (Lipinski definition) is 0. The first kappa shape index (κ1) is 8.78. The van der Waals surface area contributed by atoms with Crippen molar-refractivity contribution in [3.05, 3.63) is 42.2 Å². The van der Waals surface area contributed by atoms with Crippen LogP contribution in [0.25, 0.3) is 0 Å². The second-order valence-corrected chi connectivity index (χ2v) is 2.25. The van der Waals surface area contributed by atoms with Crippen molar-refractivity contribution in [1.29, 1.82) is 0 Å². The molecule has 1 aromatic carbocycles. The van der Waals surface area contributed by atoms with E-state index in [1.165, 1.54) is 12.1 Å². The fourth-order valence-electron chi connectivity index (χ4n) is 0.748. The number of allylic oxidation sites excluding steroid dienone is 1. The van der Waals surface area contributed by atoms with Crippen molar-refractivity contribution in [2.45, 2.75) is 6.92 Å². The molecule has 0 atom stereocenters. The molecule has 0 amide bonds. The van der Waals surface area contributed by atoms with Crippen LogP contribution in [0.5, 0.6) is 5.75 Å². The Hall–Kier alpha value is -1.31. The van der Waals surface area contributed by atoms with E-state index in [-0.39, 0.29) is 0 Å². The number of halogens is 1. The van der Waals surface area contributed by atoms with E-state index in [9.17, 15) is 4.39 Å². The summed E-state index contributed by atoms with van der Waals surface area (Å²) in [5, 5.41) is 0. The molecule has 1 radical (unpaired) electrons. The zero-order chi connectivity index (χ0) is 8.81. The maximum atomic E-state index is 12.5. The molecule has 0 saturated carbocycles. The SMILES string of the molecule is C/C=C/COc1cc[c]c(F)c1. The minimum absolute atomic E-state index is 0.395. The minimum atomic E-state index is -0.395. The van der Waals surface area contributed by atoms with E-state index in [1.807, 2.05) is 19.1 Å². The van der Waals surface area contributed by atoms with Gasteiger partial charge in [0.05, 0.1) is 0 Å². The van der Waals surface area contributed by atoms with E-state index >= 15 is 0 Å². The molecule has 0 N–H and O–H groups in total. The monoisotopic (exact) mass is 165 g/mol. The average Bonchev–Trinajstić information content (AvgIpc) is 2.05. The van der Waals surface area contributed by atoms with Gasteiger partial charge in [0.15, 0.2) is 0 Å². The lowest BCUT2D eigenvalue weighted by atomic mass is 10.3. The Labute approximate surface area is 71.5 Å². The van der Waals surface area contributed by atoms with Crippen molar-refractivity contribution in [1.82, 2.24) is 0 Å². The van der Waals surface area contributed by atoms with Crippen LogP contribution in [-0.2, 0) is 0 Å². The molecule has 0 aliphatic heterocycles. The average molecular weight is 165 g/mol. The Bertz CT molecular complexity index is 268. The first-order chi connectivity index (χ1) is 5.83. The van der Waals surface area contributed by atoms with Crippen molar-refractivity contribution < 1.29 is 9.13 Å². The van der Waals surface area contributed by atoms with Crippen LogP contribution < -0.4 is 4.74 Å². The Morgan fingerprint density at radius 3 is 3.17 bits per heavy atom. The molecular formula is C10H10FO. The van der Waals surface area contributed by atoms with Gasteiger partial charge in [0.1, 0.15) is 18.2 Å². The number of benzene rings is 1. The molecule has 0 bridgehead atoms. The van der Waals surface area contributed by atoms with Gasteiger partial charge in [0, 0.05) is 12.1 Å². The van der Waals surface area contributed by atoms with Crippen molar-refractivity contribution in [3.63, 3.8) is 0 Å². The third-order valence-corrected chi connectivity index (χ3v) is 1.32. The maximum absolute atomic E-state index is 12.5. The highest BCUT2D eigenvalue weighted by molar-refractivity contribution is 5.21.